The molecule has 0 spiro atoms. The number of aryl methyl sites for hydroxylation is 1. The summed E-state index contributed by atoms with van der Waals surface area (Å²) >= 11 is 0. The summed E-state index contributed by atoms with van der Waals surface area (Å²) in [6, 6.07) is 9.64. The van der Waals surface area contributed by atoms with E-state index in [0.717, 1.165) is 11.1 Å². The molecule has 25 heavy (non-hydrogen) atoms. The lowest BCUT2D eigenvalue weighted by Crippen LogP contribution is -2.39. The van der Waals surface area contributed by atoms with Gasteiger partial charge in [-0.2, -0.15) is 10.2 Å². The van der Waals surface area contributed by atoms with E-state index in [2.05, 4.69) is 10.2 Å². The summed E-state index contributed by atoms with van der Waals surface area (Å²) in [6.07, 6.45) is 4.29. The third-order valence-corrected chi connectivity index (χ3v) is 4.05. The Labute approximate surface area is 146 Å². The molecule has 0 fully saturated rings. The first-order valence-corrected chi connectivity index (χ1v) is 8.17. The first-order valence-electron chi connectivity index (χ1n) is 8.17. The molecule has 0 saturated heterocycles. The molecule has 3 rings (SSSR count). The highest BCUT2D eigenvalue weighted by Crippen LogP contribution is 2.15. The van der Waals surface area contributed by atoms with Crippen LogP contribution in [0.5, 0.6) is 0 Å². The molecule has 130 valence electrons. The predicted octanol–water partition coefficient (Wildman–Crippen LogP) is 1.56. The Morgan fingerprint density at radius 3 is 2.64 bits per heavy atom. The molecular formula is C18H21N5O2. The van der Waals surface area contributed by atoms with Gasteiger partial charge in [0.25, 0.3) is 5.91 Å². The zero-order valence-electron chi connectivity index (χ0n) is 14.4. The van der Waals surface area contributed by atoms with Crippen molar-refractivity contribution in [3.63, 3.8) is 0 Å². The highest BCUT2D eigenvalue weighted by molar-refractivity contribution is 6.39. The summed E-state index contributed by atoms with van der Waals surface area (Å²) in [4.78, 5) is 26.4. The van der Waals surface area contributed by atoms with Gasteiger partial charge in [0, 0.05) is 45.2 Å². The van der Waals surface area contributed by atoms with Crippen LogP contribution in [0.2, 0.25) is 0 Å². The minimum Gasteiger partial charge on any atom is -0.336 e. The third kappa shape index (κ3) is 4.12. The molecule has 1 aromatic heterocycles. The normalized spacial score (nSPS) is 14.4. The molecule has 1 aliphatic rings. The number of benzene rings is 1. The van der Waals surface area contributed by atoms with Gasteiger partial charge in [-0.1, -0.05) is 30.3 Å². The highest BCUT2D eigenvalue weighted by Gasteiger charge is 2.26. The van der Waals surface area contributed by atoms with E-state index in [1.54, 1.807) is 22.8 Å². The largest absolute Gasteiger partial charge is 0.336 e. The zero-order valence-corrected chi connectivity index (χ0v) is 14.4. The fraction of sp³-hybridized carbons (Fsp3) is 0.333. The summed E-state index contributed by atoms with van der Waals surface area (Å²) in [5.74, 6) is -0.218. The monoisotopic (exact) mass is 339 g/mol. The molecule has 1 aromatic carbocycles. The molecule has 7 heteroatoms. The van der Waals surface area contributed by atoms with E-state index in [4.69, 9.17) is 0 Å². The van der Waals surface area contributed by atoms with Crippen LogP contribution in [0.4, 0.5) is 0 Å². The molecule has 0 aliphatic carbocycles. The zero-order chi connectivity index (χ0) is 17.8. The van der Waals surface area contributed by atoms with Gasteiger partial charge in [0.1, 0.15) is 5.71 Å². The second kappa shape index (κ2) is 7.29. The average Bonchev–Trinajstić information content (AvgIpc) is 3.02. The van der Waals surface area contributed by atoms with Crippen molar-refractivity contribution in [3.05, 3.63) is 53.9 Å². The van der Waals surface area contributed by atoms with Gasteiger partial charge in [-0.15, -0.1) is 0 Å². The predicted molar refractivity (Wildman–Crippen MR) is 93.3 cm³/mol. The topological polar surface area (TPSA) is 70.8 Å². The summed E-state index contributed by atoms with van der Waals surface area (Å²) in [7, 11) is 3.57. The maximum Gasteiger partial charge on any atom is 0.270 e. The van der Waals surface area contributed by atoms with E-state index in [0.29, 0.717) is 31.6 Å². The molecule has 0 radical (unpaired) electrons. The van der Waals surface area contributed by atoms with E-state index in [1.165, 1.54) is 5.01 Å². The molecule has 1 aliphatic heterocycles. The van der Waals surface area contributed by atoms with Crippen LogP contribution in [0.25, 0.3) is 0 Å². The summed E-state index contributed by atoms with van der Waals surface area (Å²) in [5.41, 5.74) is 2.35. The number of hydrogen-bond acceptors (Lipinski definition) is 4. The van der Waals surface area contributed by atoms with Crippen molar-refractivity contribution in [3.8, 4) is 0 Å². The molecule has 2 amide bonds. The van der Waals surface area contributed by atoms with Gasteiger partial charge >= 0.3 is 0 Å². The Hall–Kier alpha value is -2.96. The third-order valence-electron chi connectivity index (χ3n) is 4.05. The molecule has 0 atom stereocenters. The molecule has 0 saturated carbocycles. The van der Waals surface area contributed by atoms with Crippen LogP contribution in [-0.2, 0) is 29.7 Å². The quantitative estimate of drug-likeness (QED) is 0.830. The van der Waals surface area contributed by atoms with Gasteiger partial charge < -0.3 is 4.90 Å². The van der Waals surface area contributed by atoms with E-state index in [-0.39, 0.29) is 11.8 Å². The number of rotatable bonds is 5. The summed E-state index contributed by atoms with van der Waals surface area (Å²) < 4.78 is 1.70. The summed E-state index contributed by atoms with van der Waals surface area (Å²) in [6.45, 7) is 0.834. The number of amides is 2. The molecular weight excluding hydrogens is 318 g/mol. The molecule has 2 heterocycles. The molecule has 0 N–H and O–H groups in total. The smallest absolute Gasteiger partial charge is 0.270 e. The van der Waals surface area contributed by atoms with Crippen LogP contribution in [0, 0.1) is 0 Å². The number of carbonyl (C=O) groups excluding carboxylic acids is 2. The van der Waals surface area contributed by atoms with Crippen LogP contribution >= 0.6 is 0 Å². The van der Waals surface area contributed by atoms with Crippen molar-refractivity contribution in [2.75, 3.05) is 7.05 Å². The van der Waals surface area contributed by atoms with Gasteiger partial charge in [-0.3, -0.25) is 14.3 Å². The minimum atomic E-state index is -0.158. The van der Waals surface area contributed by atoms with Crippen molar-refractivity contribution in [2.24, 2.45) is 12.1 Å². The second-order valence-corrected chi connectivity index (χ2v) is 6.17. The SMILES string of the molecule is CN(Cc1cnn(C)c1)C(=O)C1=NN(Cc2ccccc2)C(=O)CC1. The van der Waals surface area contributed by atoms with E-state index in [9.17, 15) is 9.59 Å². The fourth-order valence-corrected chi connectivity index (χ4v) is 2.75. The van der Waals surface area contributed by atoms with Crippen molar-refractivity contribution >= 4 is 17.5 Å². The van der Waals surface area contributed by atoms with Gasteiger partial charge in [0.2, 0.25) is 5.91 Å². The fourth-order valence-electron chi connectivity index (χ4n) is 2.75. The summed E-state index contributed by atoms with van der Waals surface area (Å²) in [5, 5.41) is 9.81. The van der Waals surface area contributed by atoms with Crippen molar-refractivity contribution in [1.82, 2.24) is 19.7 Å². The molecule has 0 unspecified atom stereocenters. The van der Waals surface area contributed by atoms with Gasteiger partial charge in [-0.25, -0.2) is 5.01 Å². The number of hydrogen-bond donors (Lipinski definition) is 0. The van der Waals surface area contributed by atoms with Crippen molar-refractivity contribution < 1.29 is 9.59 Å². The van der Waals surface area contributed by atoms with Crippen LogP contribution in [0.3, 0.4) is 0 Å². The lowest BCUT2D eigenvalue weighted by atomic mass is 10.1. The molecule has 7 nitrogen and oxygen atoms in total. The van der Waals surface area contributed by atoms with Crippen LogP contribution < -0.4 is 0 Å². The van der Waals surface area contributed by atoms with Gasteiger partial charge in [-0.05, 0) is 5.56 Å². The number of carbonyl (C=O) groups is 2. The Kier molecular flexibility index (Phi) is 4.92. The second-order valence-electron chi connectivity index (χ2n) is 6.17. The van der Waals surface area contributed by atoms with Crippen LogP contribution in [0.1, 0.15) is 24.0 Å². The average molecular weight is 339 g/mol. The maximum atomic E-state index is 12.6. The van der Waals surface area contributed by atoms with Crippen molar-refractivity contribution in [1.29, 1.82) is 0 Å². The number of aromatic nitrogens is 2. The Morgan fingerprint density at radius 2 is 1.96 bits per heavy atom. The van der Waals surface area contributed by atoms with E-state index >= 15 is 0 Å². The van der Waals surface area contributed by atoms with Gasteiger partial charge in [0.15, 0.2) is 0 Å². The Morgan fingerprint density at radius 1 is 1.20 bits per heavy atom. The lowest BCUT2D eigenvalue weighted by molar-refractivity contribution is -0.132. The first-order chi connectivity index (χ1) is 12.0. The minimum absolute atomic E-state index is 0.0599. The number of nitrogens with zero attached hydrogens (tertiary/aromatic N) is 5. The molecule has 2 aromatic rings. The van der Waals surface area contributed by atoms with Crippen LogP contribution in [0.15, 0.2) is 47.8 Å². The Balaban J connectivity index is 1.70. The maximum absolute atomic E-state index is 12.6. The van der Waals surface area contributed by atoms with Crippen molar-refractivity contribution in [2.45, 2.75) is 25.9 Å². The highest BCUT2D eigenvalue weighted by atomic mass is 16.2. The number of hydrazone groups is 1. The Bertz CT molecular complexity index is 797. The molecule has 0 bridgehead atoms. The van der Waals surface area contributed by atoms with E-state index < -0.39 is 0 Å². The lowest BCUT2D eigenvalue weighted by Gasteiger charge is -2.25. The van der Waals surface area contributed by atoms with Crippen LogP contribution in [-0.4, -0.2) is 44.3 Å². The van der Waals surface area contributed by atoms with Gasteiger partial charge in [0.05, 0.1) is 12.7 Å². The first kappa shape index (κ1) is 16.9. The van der Waals surface area contributed by atoms with E-state index in [1.807, 2.05) is 43.6 Å². The standard InChI is InChI=1S/C18H21N5O2/c1-21(11-15-10-19-22(2)12-15)18(25)16-8-9-17(24)23(20-16)13-14-6-4-3-5-7-14/h3-7,10,12H,8-9,11,13H2,1-2H3.